The summed E-state index contributed by atoms with van der Waals surface area (Å²) in [7, 11) is 0. The third kappa shape index (κ3) is 5.05. The van der Waals surface area contributed by atoms with Crippen molar-refractivity contribution in [2.24, 2.45) is 0 Å². The van der Waals surface area contributed by atoms with Crippen molar-refractivity contribution in [3.05, 3.63) is 59.9 Å². The highest BCUT2D eigenvalue weighted by atomic mass is 16.2. The van der Waals surface area contributed by atoms with Gasteiger partial charge in [0.2, 0.25) is 5.91 Å². The number of hydrogen-bond donors (Lipinski definition) is 2. The summed E-state index contributed by atoms with van der Waals surface area (Å²) in [6.45, 7) is 5.19. The van der Waals surface area contributed by atoms with Gasteiger partial charge >= 0.3 is 0 Å². The Balaban J connectivity index is 1.48. The third-order valence-electron chi connectivity index (χ3n) is 4.90. The van der Waals surface area contributed by atoms with Crippen molar-refractivity contribution in [1.82, 2.24) is 15.2 Å². The van der Waals surface area contributed by atoms with Crippen LogP contribution in [0.1, 0.15) is 30.4 Å². The average molecular weight is 352 g/mol. The van der Waals surface area contributed by atoms with Gasteiger partial charge in [0.05, 0.1) is 6.04 Å². The molecular weight excluding hydrogens is 324 g/mol. The first kappa shape index (κ1) is 18.4. The number of hydrogen-bond acceptors (Lipinski definition) is 4. The van der Waals surface area contributed by atoms with E-state index in [4.69, 9.17) is 0 Å². The number of pyridine rings is 1. The Morgan fingerprint density at radius 1 is 1.19 bits per heavy atom. The molecule has 5 heteroatoms. The number of anilines is 1. The largest absolute Gasteiger partial charge is 0.383 e. The number of nitrogens with zero attached hydrogens (tertiary/aromatic N) is 2. The van der Waals surface area contributed by atoms with Crippen LogP contribution in [0.5, 0.6) is 0 Å². The number of amides is 1. The summed E-state index contributed by atoms with van der Waals surface area (Å²) in [5, 5.41) is 6.45. The summed E-state index contributed by atoms with van der Waals surface area (Å²) in [6.07, 6.45) is 6.84. The summed E-state index contributed by atoms with van der Waals surface area (Å²) in [6, 6.07) is 12.3. The molecule has 1 aromatic heterocycles. The van der Waals surface area contributed by atoms with E-state index in [-0.39, 0.29) is 11.9 Å². The molecule has 0 saturated carbocycles. The highest BCUT2D eigenvalue weighted by molar-refractivity contribution is 5.81. The van der Waals surface area contributed by atoms with Crippen LogP contribution < -0.4 is 10.6 Å². The molecule has 1 aliphatic heterocycles. The van der Waals surface area contributed by atoms with E-state index >= 15 is 0 Å². The van der Waals surface area contributed by atoms with Crippen LogP contribution in [-0.4, -0.2) is 41.5 Å². The fraction of sp³-hybridized carbons (Fsp3) is 0.429. The molecule has 1 aromatic carbocycles. The third-order valence-corrected chi connectivity index (χ3v) is 4.90. The van der Waals surface area contributed by atoms with Crippen molar-refractivity contribution in [2.45, 2.75) is 38.8 Å². The normalized spacial score (nSPS) is 17.7. The van der Waals surface area contributed by atoms with Gasteiger partial charge in [-0.05, 0) is 43.5 Å². The first-order valence-electron chi connectivity index (χ1n) is 9.44. The van der Waals surface area contributed by atoms with Gasteiger partial charge in [0.15, 0.2) is 0 Å². The van der Waals surface area contributed by atoms with Crippen LogP contribution in [0.4, 0.5) is 5.69 Å². The number of piperidine rings is 1. The number of rotatable bonds is 7. The lowest BCUT2D eigenvalue weighted by Crippen LogP contribution is -2.49. The van der Waals surface area contributed by atoms with Crippen molar-refractivity contribution in [2.75, 3.05) is 25.0 Å². The molecule has 5 nitrogen and oxygen atoms in total. The second-order valence-corrected chi connectivity index (χ2v) is 6.88. The second-order valence-electron chi connectivity index (χ2n) is 6.88. The van der Waals surface area contributed by atoms with Crippen LogP contribution in [-0.2, 0) is 11.3 Å². The van der Waals surface area contributed by atoms with E-state index in [1.807, 2.05) is 25.3 Å². The molecule has 0 aliphatic carbocycles. The minimum Gasteiger partial charge on any atom is -0.383 e. The number of carbonyl (C=O) groups is 1. The van der Waals surface area contributed by atoms with Gasteiger partial charge in [-0.2, -0.15) is 0 Å². The van der Waals surface area contributed by atoms with E-state index in [1.165, 1.54) is 12.0 Å². The first-order valence-corrected chi connectivity index (χ1v) is 9.44. The highest BCUT2D eigenvalue weighted by Crippen LogP contribution is 2.20. The lowest BCUT2D eigenvalue weighted by Gasteiger charge is -2.34. The van der Waals surface area contributed by atoms with Crippen molar-refractivity contribution < 1.29 is 4.79 Å². The molecule has 2 heterocycles. The molecule has 0 radical (unpaired) electrons. The van der Waals surface area contributed by atoms with Crippen LogP contribution in [0, 0.1) is 6.92 Å². The van der Waals surface area contributed by atoms with Crippen molar-refractivity contribution in [3.63, 3.8) is 0 Å². The Morgan fingerprint density at radius 2 is 2.04 bits per heavy atom. The zero-order chi connectivity index (χ0) is 18.2. The Bertz CT molecular complexity index is 704. The minimum absolute atomic E-state index is 0.0217. The van der Waals surface area contributed by atoms with Crippen LogP contribution in [0.25, 0.3) is 0 Å². The fourth-order valence-corrected chi connectivity index (χ4v) is 3.47. The van der Waals surface area contributed by atoms with Crippen LogP contribution in [0.15, 0.2) is 48.8 Å². The molecule has 1 atom stereocenters. The molecule has 1 saturated heterocycles. The molecule has 1 amide bonds. The van der Waals surface area contributed by atoms with Crippen LogP contribution in [0.3, 0.4) is 0 Å². The van der Waals surface area contributed by atoms with Crippen LogP contribution >= 0.6 is 0 Å². The predicted octanol–water partition coefficient (Wildman–Crippen LogP) is 2.97. The lowest BCUT2D eigenvalue weighted by atomic mass is 10.0. The van der Waals surface area contributed by atoms with E-state index in [0.717, 1.165) is 37.2 Å². The summed E-state index contributed by atoms with van der Waals surface area (Å²) < 4.78 is 0. The van der Waals surface area contributed by atoms with E-state index in [1.54, 1.807) is 6.20 Å². The SMILES string of the molecule is Cc1cnccc1NCCNC(=O)C1CCCCN1Cc1ccccc1. The molecule has 2 aromatic rings. The van der Waals surface area contributed by atoms with E-state index in [9.17, 15) is 4.79 Å². The molecule has 26 heavy (non-hydrogen) atoms. The molecule has 2 N–H and O–H groups in total. The minimum atomic E-state index is -0.0217. The molecule has 1 fully saturated rings. The highest BCUT2D eigenvalue weighted by Gasteiger charge is 2.28. The Labute approximate surface area is 155 Å². The zero-order valence-electron chi connectivity index (χ0n) is 15.4. The molecule has 0 bridgehead atoms. The first-order chi connectivity index (χ1) is 12.7. The van der Waals surface area contributed by atoms with Gasteiger partial charge < -0.3 is 10.6 Å². The van der Waals surface area contributed by atoms with Crippen LogP contribution in [0.2, 0.25) is 0 Å². The van der Waals surface area contributed by atoms with Gasteiger partial charge in [0, 0.05) is 37.7 Å². The Hall–Kier alpha value is -2.40. The molecular formula is C21H28N4O. The summed E-state index contributed by atoms with van der Waals surface area (Å²) in [5.41, 5.74) is 3.44. The average Bonchev–Trinajstić information content (AvgIpc) is 2.67. The topological polar surface area (TPSA) is 57.3 Å². The molecule has 1 aliphatic rings. The number of carbonyl (C=O) groups excluding carboxylic acids is 1. The molecule has 138 valence electrons. The standard InChI is InChI=1S/C21H28N4O/c1-17-15-22-11-10-19(17)23-12-13-24-21(26)20-9-5-6-14-25(20)16-18-7-3-2-4-8-18/h2-4,7-8,10-11,15,20H,5-6,9,12-14,16H2,1H3,(H,22,23)(H,24,26). The number of aromatic nitrogens is 1. The number of likely N-dealkylation sites (tertiary alicyclic amines) is 1. The number of aryl methyl sites for hydroxylation is 1. The Morgan fingerprint density at radius 3 is 2.85 bits per heavy atom. The van der Waals surface area contributed by atoms with Gasteiger partial charge in [0.1, 0.15) is 0 Å². The quantitative estimate of drug-likeness (QED) is 0.752. The van der Waals surface area contributed by atoms with Gasteiger partial charge in [-0.15, -0.1) is 0 Å². The van der Waals surface area contributed by atoms with E-state index in [2.05, 4.69) is 44.8 Å². The van der Waals surface area contributed by atoms with Gasteiger partial charge in [-0.3, -0.25) is 14.7 Å². The maximum atomic E-state index is 12.7. The van der Waals surface area contributed by atoms with Crippen molar-refractivity contribution >= 4 is 11.6 Å². The van der Waals surface area contributed by atoms with Crippen molar-refractivity contribution in [1.29, 1.82) is 0 Å². The molecule has 1 unspecified atom stereocenters. The molecule has 3 rings (SSSR count). The second kappa shape index (κ2) is 9.34. The number of nitrogens with one attached hydrogen (secondary N) is 2. The molecule has 0 spiro atoms. The summed E-state index contributed by atoms with van der Waals surface area (Å²) in [5.74, 6) is 0.147. The smallest absolute Gasteiger partial charge is 0.237 e. The van der Waals surface area contributed by atoms with Gasteiger partial charge in [0.25, 0.3) is 0 Å². The van der Waals surface area contributed by atoms with Gasteiger partial charge in [-0.25, -0.2) is 0 Å². The Kier molecular flexibility index (Phi) is 6.61. The summed E-state index contributed by atoms with van der Waals surface area (Å²) in [4.78, 5) is 19.1. The monoisotopic (exact) mass is 352 g/mol. The van der Waals surface area contributed by atoms with Gasteiger partial charge in [-0.1, -0.05) is 36.8 Å². The predicted molar refractivity (Wildman–Crippen MR) is 105 cm³/mol. The van der Waals surface area contributed by atoms with E-state index in [0.29, 0.717) is 13.1 Å². The maximum Gasteiger partial charge on any atom is 0.237 e. The lowest BCUT2D eigenvalue weighted by molar-refractivity contribution is -0.127. The fourth-order valence-electron chi connectivity index (χ4n) is 3.47. The zero-order valence-corrected chi connectivity index (χ0v) is 15.4. The van der Waals surface area contributed by atoms with E-state index < -0.39 is 0 Å². The number of benzene rings is 1. The maximum absolute atomic E-state index is 12.7. The summed E-state index contributed by atoms with van der Waals surface area (Å²) >= 11 is 0. The van der Waals surface area contributed by atoms with Crippen molar-refractivity contribution in [3.8, 4) is 0 Å².